The number of hydrogen-bond acceptors (Lipinski definition) is 8. The Balaban J connectivity index is 1.81. The Labute approximate surface area is 186 Å². The van der Waals surface area contributed by atoms with E-state index in [9.17, 15) is 19.3 Å². The molecule has 0 aliphatic carbocycles. The number of esters is 1. The second kappa shape index (κ2) is 8.54. The van der Waals surface area contributed by atoms with E-state index in [1.54, 1.807) is 18.2 Å². The molecule has 0 aliphatic rings. The second-order valence-electron chi connectivity index (χ2n) is 7.00. The third-order valence-electron chi connectivity index (χ3n) is 5.06. The van der Waals surface area contributed by atoms with Gasteiger partial charge >= 0.3 is 11.7 Å². The standard InChI is InChI=1S/C22H18FN5O5/c1-27-11-13(20-12(21(29)33-3)5-4-6-17(20)27)15-7-8-24-22(25-15)26-16-10-18(28(30)31)14(23)9-19(16)32-2/h4-11H,1-3H3,(H,24,25,26). The van der Waals surface area contributed by atoms with Gasteiger partial charge < -0.3 is 19.4 Å². The van der Waals surface area contributed by atoms with Crippen LogP contribution >= 0.6 is 0 Å². The molecule has 0 saturated carbocycles. The third-order valence-corrected chi connectivity index (χ3v) is 5.06. The van der Waals surface area contributed by atoms with Crippen LogP contribution in [0.4, 0.5) is 21.7 Å². The minimum absolute atomic E-state index is 0.0465. The molecular weight excluding hydrogens is 433 g/mol. The number of nitrogens with zero attached hydrogens (tertiary/aromatic N) is 4. The number of hydrogen-bond donors (Lipinski definition) is 1. The molecule has 33 heavy (non-hydrogen) atoms. The summed E-state index contributed by atoms with van der Waals surface area (Å²) >= 11 is 0. The lowest BCUT2D eigenvalue weighted by molar-refractivity contribution is -0.387. The van der Waals surface area contributed by atoms with Gasteiger partial charge in [0.1, 0.15) is 5.75 Å². The number of carbonyl (C=O) groups is 1. The highest BCUT2D eigenvalue weighted by Gasteiger charge is 2.21. The number of halogens is 1. The molecule has 0 spiro atoms. The minimum Gasteiger partial charge on any atom is -0.494 e. The van der Waals surface area contributed by atoms with Crippen LogP contribution < -0.4 is 10.1 Å². The number of carbonyl (C=O) groups excluding carboxylic acids is 1. The van der Waals surface area contributed by atoms with E-state index < -0.39 is 22.4 Å². The number of ether oxygens (including phenoxy) is 2. The van der Waals surface area contributed by atoms with Crippen molar-refractivity contribution in [3.05, 3.63) is 70.3 Å². The maximum Gasteiger partial charge on any atom is 0.338 e. The highest BCUT2D eigenvalue weighted by atomic mass is 19.1. The molecule has 1 N–H and O–H groups in total. The zero-order valence-corrected chi connectivity index (χ0v) is 17.8. The lowest BCUT2D eigenvalue weighted by atomic mass is 10.0. The van der Waals surface area contributed by atoms with Gasteiger partial charge in [0.25, 0.3) is 0 Å². The summed E-state index contributed by atoms with van der Waals surface area (Å²) in [6.07, 6.45) is 3.32. The quantitative estimate of drug-likeness (QED) is 0.263. The van der Waals surface area contributed by atoms with Crippen molar-refractivity contribution in [1.29, 1.82) is 0 Å². The van der Waals surface area contributed by atoms with Gasteiger partial charge in [-0.1, -0.05) is 6.07 Å². The number of benzene rings is 2. The molecule has 168 valence electrons. The molecule has 11 heteroatoms. The Morgan fingerprint density at radius 1 is 1.24 bits per heavy atom. The number of anilines is 2. The largest absolute Gasteiger partial charge is 0.494 e. The van der Waals surface area contributed by atoms with Crippen LogP contribution in [0.15, 0.2) is 48.8 Å². The van der Waals surface area contributed by atoms with Crippen molar-refractivity contribution < 1.29 is 23.6 Å². The second-order valence-corrected chi connectivity index (χ2v) is 7.00. The van der Waals surface area contributed by atoms with E-state index in [2.05, 4.69) is 15.3 Å². The first-order chi connectivity index (χ1) is 15.8. The Morgan fingerprint density at radius 2 is 2.03 bits per heavy atom. The Kier molecular flexibility index (Phi) is 5.61. The molecule has 0 amide bonds. The molecular formula is C22H18FN5O5. The van der Waals surface area contributed by atoms with Gasteiger partial charge in [-0.3, -0.25) is 10.1 Å². The molecule has 4 aromatic rings. The summed E-state index contributed by atoms with van der Waals surface area (Å²) in [5.74, 6) is -1.36. The summed E-state index contributed by atoms with van der Waals surface area (Å²) in [7, 11) is 4.47. The number of aryl methyl sites for hydroxylation is 1. The van der Waals surface area contributed by atoms with E-state index in [4.69, 9.17) is 9.47 Å². The molecule has 4 rings (SSSR count). The minimum atomic E-state index is -1.02. The zero-order valence-electron chi connectivity index (χ0n) is 17.8. The first kappa shape index (κ1) is 21.7. The number of nitro benzene ring substituents is 1. The summed E-state index contributed by atoms with van der Waals surface area (Å²) in [6, 6.07) is 8.89. The average molecular weight is 451 g/mol. The monoisotopic (exact) mass is 451 g/mol. The molecule has 0 saturated heterocycles. The van der Waals surface area contributed by atoms with Crippen LogP contribution in [0, 0.1) is 15.9 Å². The van der Waals surface area contributed by atoms with E-state index in [1.165, 1.54) is 20.4 Å². The predicted molar refractivity (Wildman–Crippen MR) is 118 cm³/mol. The van der Waals surface area contributed by atoms with Crippen LogP contribution in [0.25, 0.3) is 22.2 Å². The van der Waals surface area contributed by atoms with Crippen LogP contribution in [0.5, 0.6) is 5.75 Å². The first-order valence-corrected chi connectivity index (χ1v) is 9.62. The van der Waals surface area contributed by atoms with Gasteiger partial charge in [-0.05, 0) is 18.2 Å². The number of nitro groups is 1. The lowest BCUT2D eigenvalue weighted by Crippen LogP contribution is -2.03. The van der Waals surface area contributed by atoms with Crippen LogP contribution in [-0.4, -0.2) is 39.6 Å². The van der Waals surface area contributed by atoms with E-state index in [0.29, 0.717) is 22.2 Å². The van der Waals surface area contributed by atoms with E-state index in [-0.39, 0.29) is 17.4 Å². The zero-order chi connectivity index (χ0) is 23.7. The number of nitrogens with one attached hydrogen (secondary N) is 1. The molecule has 0 atom stereocenters. The average Bonchev–Trinajstić information content (AvgIpc) is 3.16. The van der Waals surface area contributed by atoms with Crippen LogP contribution in [-0.2, 0) is 11.8 Å². The molecule has 0 fully saturated rings. The number of rotatable bonds is 6. The van der Waals surface area contributed by atoms with Gasteiger partial charge in [-0.25, -0.2) is 14.8 Å². The number of fused-ring (bicyclic) bond motifs is 1. The van der Waals surface area contributed by atoms with Gasteiger partial charge in [-0.2, -0.15) is 4.39 Å². The maximum atomic E-state index is 14.0. The normalized spacial score (nSPS) is 10.8. The fourth-order valence-electron chi connectivity index (χ4n) is 3.56. The molecule has 0 radical (unpaired) electrons. The van der Waals surface area contributed by atoms with E-state index in [1.807, 2.05) is 23.9 Å². The molecule has 2 aromatic carbocycles. The molecule has 2 aromatic heterocycles. The Morgan fingerprint density at radius 3 is 2.73 bits per heavy atom. The fraction of sp³-hybridized carbons (Fsp3) is 0.136. The van der Waals surface area contributed by atoms with Crippen molar-refractivity contribution in [2.24, 2.45) is 7.05 Å². The topological polar surface area (TPSA) is 121 Å². The van der Waals surface area contributed by atoms with E-state index in [0.717, 1.165) is 17.6 Å². The van der Waals surface area contributed by atoms with Gasteiger partial charge in [0.05, 0.1) is 36.1 Å². The number of aromatic nitrogens is 3. The molecule has 2 heterocycles. The van der Waals surface area contributed by atoms with Crippen LogP contribution in [0.1, 0.15) is 10.4 Å². The third kappa shape index (κ3) is 3.91. The van der Waals surface area contributed by atoms with Gasteiger partial charge in [-0.15, -0.1) is 0 Å². The van der Waals surface area contributed by atoms with Crippen LogP contribution in [0.3, 0.4) is 0 Å². The van der Waals surface area contributed by atoms with Gasteiger partial charge in [0.2, 0.25) is 11.8 Å². The predicted octanol–water partition coefficient (Wildman–Crippen LogP) is 4.22. The van der Waals surface area contributed by atoms with Crippen molar-refractivity contribution in [2.45, 2.75) is 0 Å². The van der Waals surface area contributed by atoms with Crippen molar-refractivity contribution in [3.63, 3.8) is 0 Å². The maximum absolute atomic E-state index is 14.0. The highest BCUT2D eigenvalue weighted by molar-refractivity contribution is 6.10. The SMILES string of the molecule is COC(=O)c1cccc2c1c(-c1ccnc(Nc3cc([N+](=O)[O-])c(F)cc3OC)n1)cn2C. The van der Waals surface area contributed by atoms with Crippen molar-refractivity contribution in [3.8, 4) is 17.0 Å². The Bertz CT molecular complexity index is 1400. The van der Waals surface area contributed by atoms with Crippen molar-refractivity contribution in [2.75, 3.05) is 19.5 Å². The summed E-state index contributed by atoms with van der Waals surface area (Å²) in [6.45, 7) is 0. The first-order valence-electron chi connectivity index (χ1n) is 9.62. The summed E-state index contributed by atoms with van der Waals surface area (Å²) in [5.41, 5.74) is 1.74. The molecule has 0 unspecified atom stereocenters. The molecule has 10 nitrogen and oxygen atoms in total. The van der Waals surface area contributed by atoms with Gasteiger partial charge in [0.15, 0.2) is 0 Å². The summed E-state index contributed by atoms with van der Waals surface area (Å²) in [5, 5.41) is 14.6. The highest BCUT2D eigenvalue weighted by Crippen LogP contribution is 2.35. The van der Waals surface area contributed by atoms with Crippen LogP contribution in [0.2, 0.25) is 0 Å². The molecule has 0 aliphatic heterocycles. The number of methoxy groups -OCH3 is 2. The molecule has 0 bridgehead atoms. The lowest BCUT2D eigenvalue weighted by Gasteiger charge is -2.11. The van der Waals surface area contributed by atoms with E-state index >= 15 is 0 Å². The Hall–Kier alpha value is -4.54. The van der Waals surface area contributed by atoms with Gasteiger partial charge in [0, 0.05) is 48.0 Å². The summed E-state index contributed by atoms with van der Waals surface area (Å²) < 4.78 is 25.9. The van der Waals surface area contributed by atoms with Crippen molar-refractivity contribution >= 4 is 34.2 Å². The van der Waals surface area contributed by atoms with Crippen molar-refractivity contribution in [1.82, 2.24) is 14.5 Å². The summed E-state index contributed by atoms with van der Waals surface area (Å²) in [4.78, 5) is 31.3. The fourth-order valence-corrected chi connectivity index (χ4v) is 3.56. The smallest absolute Gasteiger partial charge is 0.338 e.